The molecule has 0 saturated carbocycles. The van der Waals surface area contributed by atoms with Crippen molar-refractivity contribution < 1.29 is 18.0 Å². The molecule has 30 heavy (non-hydrogen) atoms. The molecule has 3 aromatic rings. The molecule has 0 unspecified atom stereocenters. The molecule has 0 atom stereocenters. The van der Waals surface area contributed by atoms with E-state index in [1.807, 2.05) is 19.1 Å². The zero-order chi connectivity index (χ0) is 21.7. The molecule has 1 aromatic heterocycles. The topological polar surface area (TPSA) is 110 Å². The number of aryl methyl sites for hydroxylation is 1. The van der Waals surface area contributed by atoms with Gasteiger partial charge in [-0.05, 0) is 50.2 Å². The van der Waals surface area contributed by atoms with Gasteiger partial charge in [0.05, 0.1) is 10.6 Å². The van der Waals surface area contributed by atoms with Gasteiger partial charge in [0.1, 0.15) is 0 Å². The summed E-state index contributed by atoms with van der Waals surface area (Å²) < 4.78 is 28.8. The molecule has 2 N–H and O–H groups in total. The monoisotopic (exact) mass is 426 g/mol. The van der Waals surface area contributed by atoms with Crippen molar-refractivity contribution in [3.05, 3.63) is 72.1 Å². The fourth-order valence-electron chi connectivity index (χ4n) is 2.83. The highest BCUT2D eigenvalue weighted by atomic mass is 32.2. The van der Waals surface area contributed by atoms with Crippen molar-refractivity contribution in [1.82, 2.24) is 14.5 Å². The van der Waals surface area contributed by atoms with Crippen LogP contribution in [0.3, 0.4) is 0 Å². The Kier molecular flexibility index (Phi) is 6.43. The molecule has 156 valence electrons. The number of hydrogen-bond acceptors (Lipinski definition) is 5. The largest absolute Gasteiger partial charge is 0.326 e. The van der Waals surface area contributed by atoms with Gasteiger partial charge >= 0.3 is 0 Å². The summed E-state index contributed by atoms with van der Waals surface area (Å²) in [6.07, 6.45) is 1.66. The summed E-state index contributed by atoms with van der Waals surface area (Å²) in [6.45, 7) is 3.28. The second-order valence-corrected chi connectivity index (χ2v) is 8.48. The molecule has 0 aliphatic carbocycles. The molecule has 0 aliphatic rings. The number of anilines is 1. The quantitative estimate of drug-likeness (QED) is 0.538. The molecule has 1 amide bonds. The smallest absolute Gasteiger partial charge is 0.240 e. The van der Waals surface area contributed by atoms with Gasteiger partial charge in [0.25, 0.3) is 0 Å². The third kappa shape index (κ3) is 5.19. The number of aromatic nitrogens is 2. The van der Waals surface area contributed by atoms with Gasteiger partial charge in [0, 0.05) is 36.1 Å². The normalized spacial score (nSPS) is 11.3. The van der Waals surface area contributed by atoms with Crippen LogP contribution in [0.15, 0.2) is 65.7 Å². The van der Waals surface area contributed by atoms with Crippen LogP contribution in [-0.2, 0) is 14.8 Å². The lowest BCUT2D eigenvalue weighted by Gasteiger charge is -2.10. The highest BCUT2D eigenvalue weighted by molar-refractivity contribution is 7.89. The molecule has 3 rings (SSSR count). The van der Waals surface area contributed by atoms with Gasteiger partial charge in [0.2, 0.25) is 15.9 Å². The lowest BCUT2D eigenvalue weighted by Crippen LogP contribution is -2.27. The molecule has 0 radical (unpaired) electrons. The first-order valence-electron chi connectivity index (χ1n) is 9.28. The van der Waals surface area contributed by atoms with E-state index in [2.05, 4.69) is 15.1 Å². The van der Waals surface area contributed by atoms with Crippen LogP contribution in [0.4, 0.5) is 5.69 Å². The predicted octanol–water partition coefficient (Wildman–Crippen LogP) is 2.69. The van der Waals surface area contributed by atoms with Gasteiger partial charge in [-0.1, -0.05) is 18.2 Å². The Hall–Kier alpha value is -3.30. The van der Waals surface area contributed by atoms with E-state index >= 15 is 0 Å². The second kappa shape index (κ2) is 9.02. The maximum atomic E-state index is 12.3. The number of rotatable bonds is 8. The molecular formula is C21H22N4O4S. The summed E-state index contributed by atoms with van der Waals surface area (Å²) in [7, 11) is -3.77. The van der Waals surface area contributed by atoms with Crippen LogP contribution < -0.4 is 10.0 Å². The minimum absolute atomic E-state index is 0.0320. The van der Waals surface area contributed by atoms with Gasteiger partial charge in [-0.3, -0.25) is 9.59 Å². The van der Waals surface area contributed by atoms with Crippen LogP contribution in [0, 0.1) is 6.92 Å². The van der Waals surface area contributed by atoms with E-state index in [0.717, 1.165) is 11.4 Å². The van der Waals surface area contributed by atoms with E-state index in [4.69, 9.17) is 0 Å². The predicted molar refractivity (Wildman–Crippen MR) is 113 cm³/mol. The minimum atomic E-state index is -3.77. The van der Waals surface area contributed by atoms with Gasteiger partial charge in [-0.15, -0.1) is 0 Å². The Balaban J connectivity index is 1.56. The zero-order valence-corrected chi connectivity index (χ0v) is 17.4. The van der Waals surface area contributed by atoms with Crippen LogP contribution in [0.5, 0.6) is 0 Å². The molecule has 0 fully saturated rings. The van der Waals surface area contributed by atoms with E-state index in [1.54, 1.807) is 29.1 Å². The first-order chi connectivity index (χ1) is 14.3. The Morgan fingerprint density at radius 3 is 2.43 bits per heavy atom. The molecule has 0 bridgehead atoms. The minimum Gasteiger partial charge on any atom is -0.326 e. The van der Waals surface area contributed by atoms with Crippen molar-refractivity contribution in [2.45, 2.75) is 25.2 Å². The van der Waals surface area contributed by atoms with Gasteiger partial charge in [-0.2, -0.15) is 5.10 Å². The van der Waals surface area contributed by atoms with Crippen molar-refractivity contribution in [1.29, 1.82) is 0 Å². The average Bonchev–Trinajstić information content (AvgIpc) is 3.14. The number of ketones is 1. The number of sulfonamides is 1. The lowest BCUT2D eigenvalue weighted by molar-refractivity contribution is -0.116. The van der Waals surface area contributed by atoms with Crippen molar-refractivity contribution in [2.75, 3.05) is 11.9 Å². The molecule has 0 aliphatic heterocycles. The van der Waals surface area contributed by atoms with Crippen LogP contribution >= 0.6 is 0 Å². The Morgan fingerprint density at radius 1 is 1.07 bits per heavy atom. The molecule has 1 heterocycles. The Bertz CT molecular complexity index is 1170. The van der Waals surface area contributed by atoms with Crippen molar-refractivity contribution in [3.8, 4) is 5.69 Å². The highest BCUT2D eigenvalue weighted by Gasteiger charge is 2.15. The van der Waals surface area contributed by atoms with Crippen LogP contribution in [0.1, 0.15) is 29.4 Å². The Labute approximate surface area is 175 Å². The van der Waals surface area contributed by atoms with Crippen LogP contribution in [0.2, 0.25) is 0 Å². The summed E-state index contributed by atoms with van der Waals surface area (Å²) in [6, 6.07) is 14.7. The molecule has 8 nitrogen and oxygen atoms in total. The number of nitrogens with one attached hydrogen (secondary N) is 2. The summed E-state index contributed by atoms with van der Waals surface area (Å²) in [4.78, 5) is 23.5. The van der Waals surface area contributed by atoms with Crippen LogP contribution in [-0.4, -0.2) is 36.4 Å². The first kappa shape index (κ1) is 21.4. The van der Waals surface area contributed by atoms with Crippen molar-refractivity contribution in [2.24, 2.45) is 0 Å². The van der Waals surface area contributed by atoms with Gasteiger partial charge in [0.15, 0.2) is 5.78 Å². The third-order valence-electron chi connectivity index (χ3n) is 4.42. The number of Topliss-reactive ketones (excluding diaryl/α,β-unsaturated/α-hetero) is 1. The number of nitrogens with zero attached hydrogens (tertiary/aromatic N) is 2. The summed E-state index contributed by atoms with van der Waals surface area (Å²) in [5, 5.41) is 6.99. The van der Waals surface area contributed by atoms with E-state index in [0.29, 0.717) is 11.3 Å². The van der Waals surface area contributed by atoms with E-state index in [-0.39, 0.29) is 29.6 Å². The SMILES string of the molecule is CC(=O)c1ccc(S(=O)(=O)NCCC(=O)Nc2cccc(-n3nccc3C)c2)cc1. The molecule has 2 aromatic carbocycles. The first-order valence-corrected chi connectivity index (χ1v) is 10.8. The fourth-order valence-corrected chi connectivity index (χ4v) is 3.86. The zero-order valence-electron chi connectivity index (χ0n) is 16.6. The second-order valence-electron chi connectivity index (χ2n) is 6.71. The van der Waals surface area contributed by atoms with Crippen molar-refractivity contribution >= 4 is 27.4 Å². The lowest BCUT2D eigenvalue weighted by atomic mass is 10.2. The molecule has 0 saturated heterocycles. The third-order valence-corrected chi connectivity index (χ3v) is 5.90. The highest BCUT2D eigenvalue weighted by Crippen LogP contribution is 2.16. The fraction of sp³-hybridized carbons (Fsp3) is 0.190. The summed E-state index contributed by atoms with van der Waals surface area (Å²) in [5.41, 5.74) is 2.80. The van der Waals surface area contributed by atoms with Crippen molar-refractivity contribution in [3.63, 3.8) is 0 Å². The van der Waals surface area contributed by atoms with E-state index in [9.17, 15) is 18.0 Å². The maximum Gasteiger partial charge on any atom is 0.240 e. The average molecular weight is 426 g/mol. The Morgan fingerprint density at radius 2 is 1.80 bits per heavy atom. The number of benzene rings is 2. The van der Waals surface area contributed by atoms with Crippen LogP contribution in [0.25, 0.3) is 5.69 Å². The van der Waals surface area contributed by atoms with E-state index in [1.165, 1.54) is 31.2 Å². The number of hydrogen-bond donors (Lipinski definition) is 2. The molecular weight excluding hydrogens is 404 g/mol. The standard InChI is InChI=1S/C21H22N4O4S/c1-15-10-12-22-25(15)19-5-3-4-18(14-19)24-21(27)11-13-23-30(28,29)20-8-6-17(7-9-20)16(2)26/h3-10,12,14,23H,11,13H2,1-2H3,(H,24,27). The molecule has 0 spiro atoms. The van der Waals surface area contributed by atoms with Gasteiger partial charge < -0.3 is 5.32 Å². The van der Waals surface area contributed by atoms with E-state index < -0.39 is 10.0 Å². The summed E-state index contributed by atoms with van der Waals surface area (Å²) in [5.74, 6) is -0.464. The number of amides is 1. The number of carbonyl (C=O) groups is 2. The number of carbonyl (C=O) groups excluding carboxylic acids is 2. The summed E-state index contributed by atoms with van der Waals surface area (Å²) >= 11 is 0. The van der Waals surface area contributed by atoms with Gasteiger partial charge in [-0.25, -0.2) is 17.8 Å². The molecule has 9 heteroatoms. The maximum absolute atomic E-state index is 12.3.